The van der Waals surface area contributed by atoms with Crippen LogP contribution in [0.15, 0.2) is 78.9 Å². The maximum atomic E-state index is 12.8. The topological polar surface area (TPSA) is 65.1 Å². The van der Waals surface area contributed by atoms with E-state index >= 15 is 0 Å². The smallest absolute Gasteiger partial charge is 0.411 e. The van der Waals surface area contributed by atoms with E-state index in [1.165, 1.54) is 37.1 Å². The van der Waals surface area contributed by atoms with Crippen LogP contribution in [0.25, 0.3) is 11.1 Å². The quantitative estimate of drug-likeness (QED) is 0.305. The SMILES string of the molecule is CN(CCN1CCC(OC(=O)Nc2ccccc2-c2ccccc2)CC1)C(=O)CCc1ccc(CN2CCCC2)cc1. The van der Waals surface area contributed by atoms with Crippen LogP contribution in [0.3, 0.4) is 0 Å². The summed E-state index contributed by atoms with van der Waals surface area (Å²) in [5.74, 6) is 0.182. The van der Waals surface area contributed by atoms with Crippen molar-refractivity contribution in [2.75, 3.05) is 51.6 Å². The van der Waals surface area contributed by atoms with Crippen molar-refractivity contribution in [1.82, 2.24) is 14.7 Å². The Morgan fingerprint density at radius 1 is 0.833 bits per heavy atom. The number of rotatable bonds is 11. The average Bonchev–Trinajstić information content (AvgIpc) is 3.54. The van der Waals surface area contributed by atoms with Crippen LogP contribution in [0.1, 0.15) is 43.2 Å². The lowest BCUT2D eigenvalue weighted by molar-refractivity contribution is -0.130. The molecule has 0 saturated carbocycles. The molecule has 2 amide bonds. The summed E-state index contributed by atoms with van der Waals surface area (Å²) in [6.45, 7) is 6.68. The first-order chi connectivity index (χ1) is 20.5. The Bertz CT molecular complexity index is 1280. The third-order valence-electron chi connectivity index (χ3n) is 8.49. The standard InChI is InChI=1S/C35H44N4O3/c1-37(34(40)18-17-28-13-15-29(16-14-28)27-39-21-7-8-22-39)25-26-38-23-19-31(20-24-38)42-35(41)36-33-12-6-5-11-32(33)30-9-3-2-4-10-30/h2-6,9-16,31H,7-8,17-27H2,1H3,(H,36,41). The molecule has 2 aliphatic heterocycles. The Morgan fingerprint density at radius 3 is 2.24 bits per heavy atom. The van der Waals surface area contributed by atoms with Gasteiger partial charge in [-0.25, -0.2) is 4.79 Å². The lowest BCUT2D eigenvalue weighted by atomic mass is 10.0. The first-order valence-electron chi connectivity index (χ1n) is 15.4. The van der Waals surface area contributed by atoms with Crippen LogP contribution in [0.5, 0.6) is 0 Å². The number of anilines is 1. The zero-order chi connectivity index (χ0) is 29.1. The maximum absolute atomic E-state index is 12.8. The van der Waals surface area contributed by atoms with Gasteiger partial charge < -0.3 is 14.5 Å². The van der Waals surface area contributed by atoms with Crippen molar-refractivity contribution in [3.63, 3.8) is 0 Å². The van der Waals surface area contributed by atoms with E-state index < -0.39 is 6.09 Å². The molecule has 0 unspecified atom stereocenters. The Hall–Kier alpha value is -3.68. The Morgan fingerprint density at radius 2 is 1.50 bits per heavy atom. The van der Waals surface area contributed by atoms with E-state index in [1.807, 2.05) is 66.5 Å². The summed E-state index contributed by atoms with van der Waals surface area (Å²) in [7, 11) is 1.90. The molecule has 2 fully saturated rings. The predicted octanol–water partition coefficient (Wildman–Crippen LogP) is 6.05. The molecule has 0 aliphatic carbocycles. The van der Waals surface area contributed by atoms with E-state index in [0.717, 1.165) is 62.3 Å². The van der Waals surface area contributed by atoms with Crippen molar-refractivity contribution in [3.05, 3.63) is 90.0 Å². The highest BCUT2D eigenvalue weighted by molar-refractivity contribution is 5.91. The summed E-state index contributed by atoms with van der Waals surface area (Å²) in [5, 5.41) is 2.94. The number of benzene rings is 3. The van der Waals surface area contributed by atoms with E-state index in [-0.39, 0.29) is 12.0 Å². The van der Waals surface area contributed by atoms with Gasteiger partial charge in [0, 0.05) is 51.8 Å². The molecular formula is C35H44N4O3. The molecule has 0 radical (unpaired) electrons. The van der Waals surface area contributed by atoms with Gasteiger partial charge in [-0.05, 0) is 68.0 Å². The second kappa shape index (κ2) is 15.0. The summed E-state index contributed by atoms with van der Waals surface area (Å²) in [5.41, 5.74) is 5.33. The maximum Gasteiger partial charge on any atom is 0.411 e. The molecule has 2 heterocycles. The second-order valence-electron chi connectivity index (χ2n) is 11.6. The molecule has 7 heteroatoms. The largest absolute Gasteiger partial charge is 0.446 e. The van der Waals surface area contributed by atoms with Gasteiger partial charge >= 0.3 is 6.09 Å². The van der Waals surface area contributed by atoms with E-state index in [9.17, 15) is 9.59 Å². The van der Waals surface area contributed by atoms with Gasteiger partial charge in [-0.1, -0.05) is 72.8 Å². The van der Waals surface area contributed by atoms with Crippen LogP contribution in [0.2, 0.25) is 0 Å². The number of likely N-dealkylation sites (tertiary alicyclic amines) is 2. The zero-order valence-electron chi connectivity index (χ0n) is 24.8. The molecule has 2 aliphatic rings. The number of para-hydroxylation sites is 1. The molecule has 3 aromatic rings. The van der Waals surface area contributed by atoms with E-state index in [1.54, 1.807) is 0 Å². The predicted molar refractivity (Wildman–Crippen MR) is 168 cm³/mol. The molecular weight excluding hydrogens is 524 g/mol. The molecule has 5 rings (SSSR count). The van der Waals surface area contributed by atoms with Gasteiger partial charge in [-0.3, -0.25) is 15.0 Å². The molecule has 7 nitrogen and oxygen atoms in total. The number of nitrogens with zero attached hydrogens (tertiary/aromatic N) is 3. The number of aryl methyl sites for hydroxylation is 1. The van der Waals surface area contributed by atoms with Crippen molar-refractivity contribution >= 4 is 17.7 Å². The summed E-state index contributed by atoms with van der Waals surface area (Å²) in [6, 6.07) is 26.6. The molecule has 222 valence electrons. The zero-order valence-corrected chi connectivity index (χ0v) is 24.8. The number of piperidine rings is 1. The van der Waals surface area contributed by atoms with Gasteiger partial charge in [0.2, 0.25) is 5.91 Å². The van der Waals surface area contributed by atoms with E-state index in [0.29, 0.717) is 13.0 Å². The van der Waals surface area contributed by atoms with Crippen molar-refractivity contribution in [2.24, 2.45) is 0 Å². The molecule has 0 atom stereocenters. The minimum Gasteiger partial charge on any atom is -0.446 e. The fourth-order valence-corrected chi connectivity index (χ4v) is 5.87. The monoisotopic (exact) mass is 568 g/mol. The minimum absolute atomic E-state index is 0.105. The number of carbonyl (C=O) groups is 2. The second-order valence-corrected chi connectivity index (χ2v) is 11.6. The lowest BCUT2D eigenvalue weighted by Gasteiger charge is -2.32. The third kappa shape index (κ3) is 8.66. The Balaban J connectivity index is 0.981. The van der Waals surface area contributed by atoms with E-state index in [2.05, 4.69) is 39.4 Å². The van der Waals surface area contributed by atoms with Gasteiger partial charge in [0.25, 0.3) is 0 Å². The Labute approximate surface area is 250 Å². The van der Waals surface area contributed by atoms with Crippen molar-refractivity contribution in [1.29, 1.82) is 0 Å². The molecule has 1 N–H and O–H groups in total. The van der Waals surface area contributed by atoms with E-state index in [4.69, 9.17) is 4.74 Å². The number of nitrogens with one attached hydrogen (secondary N) is 1. The molecule has 3 aromatic carbocycles. The van der Waals surface area contributed by atoms with Gasteiger partial charge in [-0.2, -0.15) is 0 Å². The number of hydrogen-bond donors (Lipinski definition) is 1. The molecule has 0 spiro atoms. The Kier molecular flexibility index (Phi) is 10.6. The van der Waals surface area contributed by atoms with Crippen molar-refractivity contribution in [2.45, 2.75) is 51.2 Å². The van der Waals surface area contributed by atoms with Gasteiger partial charge in [0.1, 0.15) is 6.10 Å². The third-order valence-corrected chi connectivity index (χ3v) is 8.49. The summed E-state index contributed by atoms with van der Waals surface area (Å²) in [4.78, 5) is 32.2. The van der Waals surface area contributed by atoms with Gasteiger partial charge in [0.15, 0.2) is 0 Å². The van der Waals surface area contributed by atoms with Crippen LogP contribution < -0.4 is 5.32 Å². The average molecular weight is 569 g/mol. The number of ether oxygens (including phenoxy) is 1. The first-order valence-corrected chi connectivity index (χ1v) is 15.4. The van der Waals surface area contributed by atoms with Crippen molar-refractivity contribution in [3.8, 4) is 11.1 Å². The summed E-state index contributed by atoms with van der Waals surface area (Å²) in [6.07, 6.45) is 4.98. The summed E-state index contributed by atoms with van der Waals surface area (Å²) < 4.78 is 5.77. The van der Waals surface area contributed by atoms with Crippen LogP contribution in [-0.2, 0) is 22.5 Å². The normalized spacial score (nSPS) is 16.3. The number of hydrogen-bond acceptors (Lipinski definition) is 5. The van der Waals surface area contributed by atoms with Crippen LogP contribution in [-0.4, -0.2) is 79.1 Å². The van der Waals surface area contributed by atoms with Crippen LogP contribution in [0, 0.1) is 0 Å². The highest BCUT2D eigenvalue weighted by Gasteiger charge is 2.23. The van der Waals surface area contributed by atoms with Crippen molar-refractivity contribution < 1.29 is 14.3 Å². The highest BCUT2D eigenvalue weighted by atomic mass is 16.6. The lowest BCUT2D eigenvalue weighted by Crippen LogP contribution is -2.42. The highest BCUT2D eigenvalue weighted by Crippen LogP contribution is 2.28. The van der Waals surface area contributed by atoms with Crippen LogP contribution in [0.4, 0.5) is 10.5 Å². The van der Waals surface area contributed by atoms with Crippen LogP contribution >= 0.6 is 0 Å². The fourth-order valence-electron chi connectivity index (χ4n) is 5.87. The minimum atomic E-state index is -0.414. The summed E-state index contributed by atoms with van der Waals surface area (Å²) >= 11 is 0. The van der Waals surface area contributed by atoms with Gasteiger partial charge in [-0.15, -0.1) is 0 Å². The molecule has 2 saturated heterocycles. The van der Waals surface area contributed by atoms with Gasteiger partial charge in [0.05, 0.1) is 5.69 Å². The molecule has 42 heavy (non-hydrogen) atoms. The molecule has 0 bridgehead atoms. The first kappa shape index (κ1) is 29.8. The number of likely N-dealkylation sites (N-methyl/N-ethyl adjacent to an activating group) is 1. The number of carbonyl (C=O) groups excluding carboxylic acids is 2. The number of amides is 2. The fraction of sp³-hybridized carbons (Fsp3) is 0.429. The molecule has 0 aromatic heterocycles.